The number of hydrogen-bond donors (Lipinski definition) is 1. The van der Waals surface area contributed by atoms with Gasteiger partial charge in [0.1, 0.15) is 11.6 Å². The average Bonchev–Trinajstić information content (AvgIpc) is 2.93. The zero-order chi connectivity index (χ0) is 25.1. The Labute approximate surface area is 213 Å². The Morgan fingerprint density at radius 1 is 1.03 bits per heavy atom. The molecular weight excluding hydrogens is 453 g/mol. The molecule has 6 heteroatoms. The second-order valence-corrected chi connectivity index (χ2v) is 10.4. The Morgan fingerprint density at radius 2 is 1.75 bits per heavy atom. The van der Waals surface area contributed by atoms with Gasteiger partial charge in [-0.3, -0.25) is 9.78 Å². The van der Waals surface area contributed by atoms with Crippen LogP contribution in [-0.4, -0.2) is 37.1 Å². The van der Waals surface area contributed by atoms with Crippen molar-refractivity contribution in [2.75, 3.05) is 25.1 Å². The van der Waals surface area contributed by atoms with Gasteiger partial charge in [0.25, 0.3) is 0 Å². The van der Waals surface area contributed by atoms with Crippen molar-refractivity contribution in [2.45, 2.75) is 57.4 Å². The number of methoxy groups -OCH3 is 1. The van der Waals surface area contributed by atoms with Gasteiger partial charge >= 0.3 is 0 Å². The van der Waals surface area contributed by atoms with Crippen molar-refractivity contribution >= 4 is 22.5 Å². The molecule has 1 aromatic heterocycles. The minimum atomic E-state index is -0.211. The number of nitrogens with one attached hydrogen (secondary N) is 1. The minimum Gasteiger partial charge on any atom is -0.497 e. The summed E-state index contributed by atoms with van der Waals surface area (Å²) < 4.78 is 19.1. The number of halogens is 1. The van der Waals surface area contributed by atoms with E-state index in [4.69, 9.17) is 4.74 Å². The average molecular weight is 490 g/mol. The maximum absolute atomic E-state index is 13.9. The van der Waals surface area contributed by atoms with E-state index in [0.29, 0.717) is 11.8 Å². The molecule has 36 heavy (non-hydrogen) atoms. The van der Waals surface area contributed by atoms with Crippen molar-refractivity contribution in [3.63, 3.8) is 0 Å². The lowest BCUT2D eigenvalue weighted by molar-refractivity contribution is -0.126. The number of carbonyl (C=O) groups excluding carboxylic acids is 1. The van der Waals surface area contributed by atoms with Gasteiger partial charge in [0.2, 0.25) is 5.91 Å². The number of fused-ring (bicyclic) bond motifs is 1. The van der Waals surface area contributed by atoms with Crippen LogP contribution in [0.2, 0.25) is 0 Å². The third kappa shape index (κ3) is 5.32. The van der Waals surface area contributed by atoms with E-state index in [0.717, 1.165) is 68.3 Å². The number of hydrogen-bond acceptors (Lipinski definition) is 4. The van der Waals surface area contributed by atoms with E-state index in [2.05, 4.69) is 40.3 Å². The molecule has 2 heterocycles. The van der Waals surface area contributed by atoms with Gasteiger partial charge in [-0.1, -0.05) is 0 Å². The van der Waals surface area contributed by atoms with Gasteiger partial charge in [-0.2, -0.15) is 0 Å². The molecule has 1 amide bonds. The first-order valence-corrected chi connectivity index (χ1v) is 13.3. The minimum absolute atomic E-state index is 0.0800. The molecule has 0 radical (unpaired) electrons. The van der Waals surface area contributed by atoms with Gasteiger partial charge in [0.05, 0.1) is 12.6 Å². The van der Waals surface area contributed by atoms with Crippen LogP contribution in [-0.2, 0) is 4.79 Å². The van der Waals surface area contributed by atoms with E-state index in [9.17, 15) is 9.18 Å². The summed E-state index contributed by atoms with van der Waals surface area (Å²) in [5, 5.41) is 4.28. The zero-order valence-electron chi connectivity index (χ0n) is 21.3. The van der Waals surface area contributed by atoms with E-state index in [1.165, 1.54) is 17.3 Å². The van der Waals surface area contributed by atoms with Crippen molar-refractivity contribution in [2.24, 2.45) is 11.8 Å². The molecule has 0 bridgehead atoms. The predicted octanol–water partition coefficient (Wildman–Crippen LogP) is 6.08. The van der Waals surface area contributed by atoms with Gasteiger partial charge in [-0.25, -0.2) is 4.39 Å². The fraction of sp³-hybridized carbons (Fsp3) is 0.467. The SMILES string of the molecule is COc1ccc(N2CCC(C(=O)N[C@H](C)[C@H]3CC[C@@H](c4ccnc5ccc(F)cc54)CC3)CC2)cc1. The molecule has 2 fully saturated rings. The molecule has 0 unspecified atom stereocenters. The molecule has 5 nitrogen and oxygen atoms in total. The summed E-state index contributed by atoms with van der Waals surface area (Å²) in [6, 6.07) is 15.2. The van der Waals surface area contributed by atoms with Crippen molar-refractivity contribution in [1.29, 1.82) is 0 Å². The second kappa shape index (κ2) is 10.9. The number of anilines is 1. The van der Waals surface area contributed by atoms with Crippen molar-refractivity contribution in [3.05, 3.63) is 66.1 Å². The standard InChI is InChI=1S/C30H36FN3O2/c1-20(33-30(35)23-14-17-34(18-15-23)25-8-10-26(36-2)11-9-25)21-3-5-22(6-4-21)27-13-16-32-29-12-7-24(31)19-28(27)29/h7-13,16,19-23H,3-6,14-15,17-18H2,1-2H3,(H,33,35)/t20-,21-,22+/m1/s1. The Balaban J connectivity index is 1.11. The van der Waals surface area contributed by atoms with Gasteiger partial charge < -0.3 is 15.0 Å². The van der Waals surface area contributed by atoms with Crippen LogP contribution in [0.4, 0.5) is 10.1 Å². The molecule has 0 spiro atoms. The Kier molecular flexibility index (Phi) is 7.40. The number of aromatic nitrogens is 1. The molecule has 1 N–H and O–H groups in total. The van der Waals surface area contributed by atoms with Gasteiger partial charge in [-0.05, 0) is 111 Å². The smallest absolute Gasteiger partial charge is 0.223 e. The number of rotatable bonds is 6. The number of ether oxygens (including phenoxy) is 1. The monoisotopic (exact) mass is 489 g/mol. The fourth-order valence-corrected chi connectivity index (χ4v) is 6.08. The first kappa shape index (κ1) is 24.5. The van der Waals surface area contributed by atoms with Crippen LogP contribution in [0.25, 0.3) is 10.9 Å². The highest BCUT2D eigenvalue weighted by molar-refractivity contribution is 5.82. The summed E-state index contributed by atoms with van der Waals surface area (Å²) in [7, 11) is 1.68. The van der Waals surface area contributed by atoms with Crippen LogP contribution in [0.3, 0.4) is 0 Å². The highest BCUT2D eigenvalue weighted by Crippen LogP contribution is 2.39. The fourth-order valence-electron chi connectivity index (χ4n) is 6.08. The molecule has 3 aromatic rings. The lowest BCUT2D eigenvalue weighted by atomic mass is 9.75. The summed E-state index contributed by atoms with van der Waals surface area (Å²) in [4.78, 5) is 19.8. The third-order valence-electron chi connectivity index (χ3n) is 8.33. The summed E-state index contributed by atoms with van der Waals surface area (Å²) in [6.07, 6.45) is 7.85. The Hall–Kier alpha value is -3.15. The Bertz CT molecular complexity index is 1180. The predicted molar refractivity (Wildman–Crippen MR) is 142 cm³/mol. The zero-order valence-corrected chi connectivity index (χ0v) is 21.3. The highest BCUT2D eigenvalue weighted by atomic mass is 19.1. The lowest BCUT2D eigenvalue weighted by Crippen LogP contribution is -2.45. The third-order valence-corrected chi connectivity index (χ3v) is 8.33. The topological polar surface area (TPSA) is 54.5 Å². The number of amides is 1. The molecule has 1 saturated heterocycles. The van der Waals surface area contributed by atoms with Crippen LogP contribution < -0.4 is 15.0 Å². The highest BCUT2D eigenvalue weighted by Gasteiger charge is 2.30. The summed E-state index contributed by atoms with van der Waals surface area (Å²) in [5.41, 5.74) is 3.25. The van der Waals surface area contributed by atoms with E-state index in [1.54, 1.807) is 19.2 Å². The largest absolute Gasteiger partial charge is 0.497 e. The van der Waals surface area contributed by atoms with E-state index in [-0.39, 0.29) is 23.7 Å². The van der Waals surface area contributed by atoms with Gasteiger partial charge in [-0.15, -0.1) is 0 Å². The molecule has 1 atom stereocenters. The molecule has 1 aliphatic heterocycles. The summed E-state index contributed by atoms with van der Waals surface area (Å²) in [6.45, 7) is 3.95. The van der Waals surface area contributed by atoms with E-state index in [1.807, 2.05) is 18.3 Å². The van der Waals surface area contributed by atoms with E-state index >= 15 is 0 Å². The Morgan fingerprint density at radius 3 is 2.44 bits per heavy atom. The van der Waals surface area contributed by atoms with E-state index < -0.39 is 0 Å². The second-order valence-electron chi connectivity index (χ2n) is 10.4. The van der Waals surface area contributed by atoms with Crippen molar-refractivity contribution in [3.8, 4) is 5.75 Å². The van der Waals surface area contributed by atoms with Crippen LogP contribution in [0.5, 0.6) is 5.75 Å². The maximum Gasteiger partial charge on any atom is 0.223 e. The maximum atomic E-state index is 13.9. The van der Waals surface area contributed by atoms with Crippen molar-refractivity contribution < 1.29 is 13.9 Å². The molecular formula is C30H36FN3O2. The lowest BCUT2D eigenvalue weighted by Gasteiger charge is -2.36. The van der Waals surface area contributed by atoms with Crippen LogP contribution in [0.1, 0.15) is 56.9 Å². The van der Waals surface area contributed by atoms with Gasteiger partial charge in [0.15, 0.2) is 0 Å². The van der Waals surface area contributed by atoms with Crippen LogP contribution >= 0.6 is 0 Å². The molecule has 5 rings (SSSR count). The van der Waals surface area contributed by atoms with Crippen LogP contribution in [0, 0.1) is 17.7 Å². The number of nitrogens with zero attached hydrogens (tertiary/aromatic N) is 2. The van der Waals surface area contributed by atoms with Crippen molar-refractivity contribution in [1.82, 2.24) is 10.3 Å². The first-order valence-electron chi connectivity index (χ1n) is 13.3. The first-order chi connectivity index (χ1) is 17.5. The number of pyridine rings is 1. The molecule has 2 aliphatic rings. The molecule has 1 aliphatic carbocycles. The molecule has 190 valence electrons. The normalized spacial score (nSPS) is 21.8. The molecule has 2 aromatic carbocycles. The summed E-state index contributed by atoms with van der Waals surface area (Å²) in [5.74, 6) is 1.83. The van der Waals surface area contributed by atoms with Gasteiger partial charge in [0, 0.05) is 42.3 Å². The summed E-state index contributed by atoms with van der Waals surface area (Å²) >= 11 is 0. The number of piperidine rings is 1. The van der Waals surface area contributed by atoms with Crippen LogP contribution in [0.15, 0.2) is 54.7 Å². The molecule has 1 saturated carbocycles. The quantitative estimate of drug-likeness (QED) is 0.456. The number of carbonyl (C=O) groups is 1. The number of benzene rings is 2.